The molecular weight excluding hydrogens is 359 g/mol. The molecule has 1 heterocycles. The standard InChI is InChI=1S/C19H26ClFN2O3/c1-19(2,3)26-18(25)22-12-5-4-6-23(10-12)17-14-7-11(20)8-15(21)13(14)9-16(17)24/h7-8,12,16-17,24H,4-6,9-10H2,1-3H3,(H,22,25). The molecule has 5 nitrogen and oxygen atoms in total. The molecule has 1 aliphatic heterocycles. The first-order valence-corrected chi connectivity index (χ1v) is 9.41. The van der Waals surface area contributed by atoms with E-state index in [2.05, 4.69) is 10.2 Å². The first kappa shape index (κ1) is 19.4. The topological polar surface area (TPSA) is 61.8 Å². The predicted octanol–water partition coefficient (Wildman–Crippen LogP) is 3.43. The van der Waals surface area contributed by atoms with Gasteiger partial charge in [-0.3, -0.25) is 4.90 Å². The van der Waals surface area contributed by atoms with Gasteiger partial charge >= 0.3 is 6.09 Å². The highest BCUT2D eigenvalue weighted by Crippen LogP contribution is 2.40. The minimum atomic E-state index is -0.682. The molecule has 0 aromatic heterocycles. The fraction of sp³-hybridized carbons (Fsp3) is 0.632. The van der Waals surface area contributed by atoms with Gasteiger partial charge in [-0.25, -0.2) is 9.18 Å². The molecule has 26 heavy (non-hydrogen) atoms. The molecule has 0 saturated carbocycles. The average Bonchev–Trinajstić information content (AvgIpc) is 2.82. The molecule has 3 atom stereocenters. The van der Waals surface area contributed by atoms with E-state index in [-0.39, 0.29) is 24.3 Å². The SMILES string of the molecule is CC(C)(C)OC(=O)NC1CCCN(C2c3cc(Cl)cc(F)c3CC2O)C1. The Bertz CT molecular complexity index is 692. The van der Waals surface area contributed by atoms with Crippen molar-refractivity contribution in [3.8, 4) is 0 Å². The van der Waals surface area contributed by atoms with Crippen LogP contribution < -0.4 is 5.32 Å². The zero-order chi connectivity index (χ0) is 19.1. The fourth-order valence-electron chi connectivity index (χ4n) is 3.92. The summed E-state index contributed by atoms with van der Waals surface area (Å²) in [5.41, 5.74) is 0.738. The second-order valence-corrected chi connectivity index (χ2v) is 8.59. The summed E-state index contributed by atoms with van der Waals surface area (Å²) in [6.45, 7) is 6.83. The largest absolute Gasteiger partial charge is 0.444 e. The van der Waals surface area contributed by atoms with Crippen molar-refractivity contribution in [1.29, 1.82) is 0 Å². The number of carbonyl (C=O) groups excluding carboxylic acids is 1. The van der Waals surface area contributed by atoms with Crippen LogP contribution in [0.3, 0.4) is 0 Å². The summed E-state index contributed by atoms with van der Waals surface area (Å²) >= 11 is 6.03. The number of hydrogen-bond donors (Lipinski definition) is 2. The second kappa shape index (κ2) is 7.33. The van der Waals surface area contributed by atoms with E-state index < -0.39 is 17.8 Å². The van der Waals surface area contributed by atoms with Crippen LogP contribution in [0.2, 0.25) is 5.02 Å². The van der Waals surface area contributed by atoms with E-state index in [0.717, 1.165) is 24.9 Å². The van der Waals surface area contributed by atoms with Crippen molar-refractivity contribution in [1.82, 2.24) is 10.2 Å². The third-order valence-electron chi connectivity index (χ3n) is 4.86. The number of alkyl carbamates (subject to hydrolysis) is 1. The molecule has 7 heteroatoms. The van der Waals surface area contributed by atoms with Crippen LogP contribution in [0.5, 0.6) is 0 Å². The highest BCUT2D eigenvalue weighted by atomic mass is 35.5. The van der Waals surface area contributed by atoms with E-state index >= 15 is 0 Å². The molecule has 0 bridgehead atoms. The van der Waals surface area contributed by atoms with Gasteiger partial charge in [-0.2, -0.15) is 0 Å². The quantitative estimate of drug-likeness (QED) is 0.820. The summed E-state index contributed by atoms with van der Waals surface area (Å²) in [4.78, 5) is 14.1. The Morgan fingerprint density at radius 2 is 2.15 bits per heavy atom. The van der Waals surface area contributed by atoms with Crippen LogP contribution in [0.4, 0.5) is 9.18 Å². The Morgan fingerprint density at radius 3 is 2.85 bits per heavy atom. The molecule has 3 unspecified atom stereocenters. The maximum absolute atomic E-state index is 14.2. The van der Waals surface area contributed by atoms with Gasteiger partial charge in [0.05, 0.1) is 12.1 Å². The van der Waals surface area contributed by atoms with Crippen molar-refractivity contribution in [2.45, 2.75) is 63.8 Å². The van der Waals surface area contributed by atoms with Gasteiger partial charge in [0.2, 0.25) is 0 Å². The molecule has 1 aromatic carbocycles. The number of aliphatic hydroxyl groups is 1. The van der Waals surface area contributed by atoms with Crippen molar-refractivity contribution < 1.29 is 19.0 Å². The lowest BCUT2D eigenvalue weighted by Gasteiger charge is -2.38. The van der Waals surface area contributed by atoms with E-state index in [0.29, 0.717) is 17.1 Å². The second-order valence-electron chi connectivity index (χ2n) is 8.15. The molecular formula is C19H26ClFN2O3. The van der Waals surface area contributed by atoms with E-state index in [9.17, 15) is 14.3 Å². The molecule has 3 rings (SSSR count). The van der Waals surface area contributed by atoms with Gasteiger partial charge in [0.1, 0.15) is 11.4 Å². The molecule has 2 aliphatic rings. The lowest BCUT2D eigenvalue weighted by Crippen LogP contribution is -2.50. The lowest BCUT2D eigenvalue weighted by molar-refractivity contribution is 0.0302. The zero-order valence-corrected chi connectivity index (χ0v) is 16.1. The van der Waals surface area contributed by atoms with E-state index in [1.54, 1.807) is 6.07 Å². The first-order valence-electron chi connectivity index (χ1n) is 9.03. The highest BCUT2D eigenvalue weighted by molar-refractivity contribution is 6.30. The van der Waals surface area contributed by atoms with E-state index in [1.165, 1.54) is 6.07 Å². The Hall–Kier alpha value is -1.37. The van der Waals surface area contributed by atoms with Crippen LogP contribution in [-0.2, 0) is 11.2 Å². The molecule has 1 fully saturated rings. The van der Waals surface area contributed by atoms with Gasteiger partial charge in [0.25, 0.3) is 0 Å². The average molecular weight is 385 g/mol. The predicted molar refractivity (Wildman–Crippen MR) is 97.8 cm³/mol. The smallest absolute Gasteiger partial charge is 0.407 e. The lowest BCUT2D eigenvalue weighted by atomic mass is 9.99. The Labute approximate surface area is 158 Å². The maximum Gasteiger partial charge on any atom is 0.407 e. The van der Waals surface area contributed by atoms with Crippen molar-refractivity contribution in [3.05, 3.63) is 34.1 Å². The molecule has 0 radical (unpaired) electrons. The molecule has 1 saturated heterocycles. The summed E-state index contributed by atoms with van der Waals surface area (Å²) in [5.74, 6) is -0.366. The highest BCUT2D eigenvalue weighted by Gasteiger charge is 2.39. The number of carbonyl (C=O) groups is 1. The Morgan fingerprint density at radius 1 is 1.42 bits per heavy atom. The number of hydrogen-bond acceptors (Lipinski definition) is 4. The van der Waals surface area contributed by atoms with Crippen molar-refractivity contribution >= 4 is 17.7 Å². The summed E-state index contributed by atoms with van der Waals surface area (Å²) < 4.78 is 19.5. The molecule has 144 valence electrons. The van der Waals surface area contributed by atoms with Crippen molar-refractivity contribution in [2.24, 2.45) is 0 Å². The van der Waals surface area contributed by atoms with Crippen LogP contribution in [-0.4, -0.2) is 46.9 Å². The van der Waals surface area contributed by atoms with Gasteiger partial charge in [0, 0.05) is 24.0 Å². The summed E-state index contributed by atoms with van der Waals surface area (Å²) in [5, 5.41) is 13.8. The van der Waals surface area contributed by atoms with Gasteiger partial charge in [0.15, 0.2) is 0 Å². The Balaban J connectivity index is 1.72. The summed E-state index contributed by atoms with van der Waals surface area (Å²) in [7, 11) is 0. The molecule has 0 spiro atoms. The van der Waals surface area contributed by atoms with Crippen LogP contribution in [0.15, 0.2) is 12.1 Å². The summed E-state index contributed by atoms with van der Waals surface area (Å²) in [6, 6.07) is 2.66. The van der Waals surface area contributed by atoms with Gasteiger partial charge in [-0.1, -0.05) is 11.6 Å². The summed E-state index contributed by atoms with van der Waals surface area (Å²) in [6.07, 6.45) is 0.880. The molecule has 1 amide bonds. The minimum absolute atomic E-state index is 0.0705. The number of likely N-dealkylation sites (tertiary alicyclic amines) is 1. The number of ether oxygens (including phenoxy) is 1. The normalized spacial score (nSPS) is 26.5. The van der Waals surface area contributed by atoms with Crippen LogP contribution in [0.25, 0.3) is 0 Å². The number of rotatable bonds is 2. The molecule has 1 aliphatic carbocycles. The maximum atomic E-state index is 14.2. The Kier molecular flexibility index (Phi) is 5.47. The van der Waals surface area contributed by atoms with Gasteiger partial charge in [-0.05, 0) is 63.4 Å². The zero-order valence-electron chi connectivity index (χ0n) is 15.4. The van der Waals surface area contributed by atoms with Crippen molar-refractivity contribution in [3.63, 3.8) is 0 Å². The third kappa shape index (κ3) is 4.30. The number of nitrogens with one attached hydrogen (secondary N) is 1. The van der Waals surface area contributed by atoms with Gasteiger partial charge < -0.3 is 15.2 Å². The van der Waals surface area contributed by atoms with E-state index in [1.807, 2.05) is 20.8 Å². The number of amides is 1. The number of benzene rings is 1. The van der Waals surface area contributed by atoms with Crippen LogP contribution in [0, 0.1) is 5.82 Å². The number of nitrogens with zero attached hydrogens (tertiary/aromatic N) is 1. The molecule has 1 aromatic rings. The van der Waals surface area contributed by atoms with Gasteiger partial charge in [-0.15, -0.1) is 0 Å². The fourth-order valence-corrected chi connectivity index (χ4v) is 4.14. The van der Waals surface area contributed by atoms with Crippen LogP contribution >= 0.6 is 11.6 Å². The van der Waals surface area contributed by atoms with E-state index in [4.69, 9.17) is 16.3 Å². The number of halogens is 2. The van der Waals surface area contributed by atoms with Crippen LogP contribution in [0.1, 0.15) is 50.8 Å². The minimum Gasteiger partial charge on any atom is -0.444 e. The van der Waals surface area contributed by atoms with Crippen molar-refractivity contribution in [2.75, 3.05) is 13.1 Å². The number of piperidine rings is 1. The molecule has 2 N–H and O–H groups in total. The monoisotopic (exact) mass is 384 g/mol. The number of aliphatic hydroxyl groups excluding tert-OH is 1. The number of fused-ring (bicyclic) bond motifs is 1. The first-order chi connectivity index (χ1) is 12.1. The third-order valence-corrected chi connectivity index (χ3v) is 5.08.